The third-order valence-electron chi connectivity index (χ3n) is 4.54. The van der Waals surface area contributed by atoms with Crippen molar-refractivity contribution in [1.29, 1.82) is 0 Å². The first-order valence-corrected chi connectivity index (χ1v) is 9.06. The van der Waals surface area contributed by atoms with Crippen molar-refractivity contribution in [3.05, 3.63) is 59.6 Å². The zero-order valence-corrected chi connectivity index (χ0v) is 15.5. The molecule has 28 heavy (non-hydrogen) atoms. The summed E-state index contributed by atoms with van der Waals surface area (Å²) < 4.78 is 31.3. The Hall–Kier alpha value is -2.74. The molecular weight excluding hydrogens is 370 g/mol. The molecule has 0 unspecified atom stereocenters. The number of carbonyl (C=O) groups is 2. The fourth-order valence-corrected chi connectivity index (χ4v) is 3.12. The SMILES string of the molecule is O=C(CCc1ccc(F)c(F)c1)N1CCCN(Cc2ccoc2)CC1.O=CO. The van der Waals surface area contributed by atoms with E-state index >= 15 is 0 Å². The highest BCUT2D eigenvalue weighted by molar-refractivity contribution is 5.76. The van der Waals surface area contributed by atoms with Crippen LogP contribution in [0.3, 0.4) is 0 Å². The molecule has 8 heteroatoms. The minimum absolute atomic E-state index is 0.0647. The number of rotatable bonds is 5. The normalized spacial score (nSPS) is 14.7. The van der Waals surface area contributed by atoms with E-state index in [0.29, 0.717) is 24.9 Å². The van der Waals surface area contributed by atoms with E-state index < -0.39 is 11.6 Å². The summed E-state index contributed by atoms with van der Waals surface area (Å²) in [5.41, 5.74) is 1.78. The van der Waals surface area contributed by atoms with Gasteiger partial charge in [-0.15, -0.1) is 0 Å². The maximum Gasteiger partial charge on any atom is 0.290 e. The quantitative estimate of drug-likeness (QED) is 0.790. The Morgan fingerprint density at radius 3 is 2.57 bits per heavy atom. The summed E-state index contributed by atoms with van der Waals surface area (Å²) in [6, 6.07) is 5.75. The molecule has 0 spiro atoms. The third-order valence-corrected chi connectivity index (χ3v) is 4.54. The summed E-state index contributed by atoms with van der Waals surface area (Å²) in [5, 5.41) is 6.89. The summed E-state index contributed by atoms with van der Waals surface area (Å²) in [6.45, 7) is 3.76. The lowest BCUT2D eigenvalue weighted by Gasteiger charge is -2.21. The van der Waals surface area contributed by atoms with Gasteiger partial charge in [0, 0.05) is 44.7 Å². The van der Waals surface area contributed by atoms with E-state index in [9.17, 15) is 13.6 Å². The van der Waals surface area contributed by atoms with Gasteiger partial charge in [0.2, 0.25) is 5.91 Å². The van der Waals surface area contributed by atoms with Crippen LogP contribution in [0, 0.1) is 11.6 Å². The largest absolute Gasteiger partial charge is 0.483 e. The van der Waals surface area contributed by atoms with Crippen LogP contribution in [-0.4, -0.2) is 53.5 Å². The second-order valence-corrected chi connectivity index (χ2v) is 6.50. The summed E-state index contributed by atoms with van der Waals surface area (Å²) >= 11 is 0. The van der Waals surface area contributed by atoms with Gasteiger partial charge in [-0.25, -0.2) is 8.78 Å². The van der Waals surface area contributed by atoms with Gasteiger partial charge in [0.15, 0.2) is 11.6 Å². The van der Waals surface area contributed by atoms with Crippen molar-refractivity contribution >= 4 is 12.4 Å². The summed E-state index contributed by atoms with van der Waals surface area (Å²) in [7, 11) is 0. The molecular formula is C20H24F2N2O4. The van der Waals surface area contributed by atoms with Crippen LogP contribution in [0.25, 0.3) is 0 Å². The molecule has 2 heterocycles. The van der Waals surface area contributed by atoms with E-state index in [1.807, 2.05) is 11.0 Å². The van der Waals surface area contributed by atoms with Gasteiger partial charge in [-0.05, 0) is 36.6 Å². The number of benzene rings is 1. The number of amides is 1. The van der Waals surface area contributed by atoms with Crippen LogP contribution in [0.1, 0.15) is 24.0 Å². The van der Waals surface area contributed by atoms with Crippen molar-refractivity contribution in [3.63, 3.8) is 0 Å². The fraction of sp³-hybridized carbons (Fsp3) is 0.400. The van der Waals surface area contributed by atoms with Gasteiger partial charge in [-0.3, -0.25) is 14.5 Å². The Labute approximate surface area is 162 Å². The van der Waals surface area contributed by atoms with Gasteiger partial charge in [0.1, 0.15) is 0 Å². The van der Waals surface area contributed by atoms with Crippen LogP contribution in [0.15, 0.2) is 41.2 Å². The number of hydrogen-bond donors (Lipinski definition) is 1. The number of furan rings is 1. The minimum Gasteiger partial charge on any atom is -0.483 e. The highest BCUT2D eigenvalue weighted by Gasteiger charge is 2.19. The van der Waals surface area contributed by atoms with E-state index in [1.165, 1.54) is 6.07 Å². The number of nitrogens with zero attached hydrogens (tertiary/aromatic N) is 2. The Morgan fingerprint density at radius 2 is 1.89 bits per heavy atom. The van der Waals surface area contributed by atoms with Crippen LogP contribution < -0.4 is 0 Å². The molecule has 0 aliphatic carbocycles. The summed E-state index contributed by atoms with van der Waals surface area (Å²) in [6.07, 6.45) is 5.07. The van der Waals surface area contributed by atoms with Crippen LogP contribution in [0.2, 0.25) is 0 Å². The molecule has 0 radical (unpaired) electrons. The van der Waals surface area contributed by atoms with Crippen molar-refractivity contribution in [2.24, 2.45) is 0 Å². The molecule has 1 amide bonds. The van der Waals surface area contributed by atoms with E-state index in [-0.39, 0.29) is 12.4 Å². The van der Waals surface area contributed by atoms with Gasteiger partial charge in [0.25, 0.3) is 6.47 Å². The first kappa shape index (κ1) is 21.6. The predicted octanol–water partition coefficient (Wildman–Crippen LogP) is 2.93. The Balaban J connectivity index is 0.000000878. The monoisotopic (exact) mass is 394 g/mol. The zero-order chi connectivity index (χ0) is 20.4. The minimum atomic E-state index is -0.866. The topological polar surface area (TPSA) is 74.0 Å². The van der Waals surface area contributed by atoms with E-state index in [2.05, 4.69) is 4.90 Å². The van der Waals surface area contributed by atoms with Gasteiger partial charge in [-0.1, -0.05) is 6.07 Å². The predicted molar refractivity (Wildman–Crippen MR) is 98.6 cm³/mol. The molecule has 1 aromatic carbocycles. The standard InChI is InChI=1S/C19H22F2N2O2.CH2O2/c20-17-4-2-15(12-18(17)21)3-5-19(24)23-8-1-7-22(9-10-23)13-16-6-11-25-14-16;2-1-3/h2,4,6,11-12,14H,1,3,5,7-10,13H2;1H,(H,2,3). The smallest absolute Gasteiger partial charge is 0.290 e. The molecule has 0 saturated carbocycles. The highest BCUT2D eigenvalue weighted by Crippen LogP contribution is 2.13. The molecule has 3 rings (SSSR count). The maximum atomic E-state index is 13.2. The van der Waals surface area contributed by atoms with E-state index in [0.717, 1.165) is 50.3 Å². The molecule has 1 aliphatic heterocycles. The van der Waals surface area contributed by atoms with Crippen LogP contribution in [0.5, 0.6) is 0 Å². The average Bonchev–Trinajstić information content (AvgIpc) is 3.07. The van der Waals surface area contributed by atoms with Gasteiger partial charge < -0.3 is 14.4 Å². The Bertz CT molecular complexity index is 753. The molecule has 0 atom stereocenters. The number of aryl methyl sites for hydroxylation is 1. The van der Waals surface area contributed by atoms with E-state index in [4.69, 9.17) is 14.3 Å². The second kappa shape index (κ2) is 11.2. The number of carbonyl (C=O) groups excluding carboxylic acids is 1. The lowest BCUT2D eigenvalue weighted by atomic mass is 10.1. The Kier molecular flexibility index (Phi) is 8.61. The van der Waals surface area contributed by atoms with Crippen molar-refractivity contribution in [2.75, 3.05) is 26.2 Å². The molecule has 1 saturated heterocycles. The number of carboxylic acid groups (broad SMARTS) is 1. The van der Waals surface area contributed by atoms with Crippen molar-refractivity contribution in [3.8, 4) is 0 Å². The second-order valence-electron chi connectivity index (χ2n) is 6.50. The third kappa shape index (κ3) is 6.77. The lowest BCUT2D eigenvalue weighted by molar-refractivity contribution is -0.131. The van der Waals surface area contributed by atoms with E-state index in [1.54, 1.807) is 12.5 Å². The average molecular weight is 394 g/mol. The molecule has 1 aromatic heterocycles. The Morgan fingerprint density at radius 1 is 1.11 bits per heavy atom. The van der Waals surface area contributed by atoms with Gasteiger partial charge in [0.05, 0.1) is 12.5 Å². The van der Waals surface area contributed by atoms with Crippen LogP contribution in [0.4, 0.5) is 8.78 Å². The summed E-state index contributed by atoms with van der Waals surface area (Å²) in [5.74, 6) is -1.66. The molecule has 6 nitrogen and oxygen atoms in total. The highest BCUT2D eigenvalue weighted by atomic mass is 19.2. The molecule has 0 bridgehead atoms. The summed E-state index contributed by atoms with van der Waals surface area (Å²) in [4.78, 5) is 25.0. The molecule has 1 N–H and O–H groups in total. The number of halogens is 2. The fourth-order valence-electron chi connectivity index (χ4n) is 3.12. The van der Waals surface area contributed by atoms with Crippen molar-refractivity contribution in [1.82, 2.24) is 9.80 Å². The van der Waals surface area contributed by atoms with Crippen LogP contribution in [-0.2, 0) is 22.6 Å². The molecule has 2 aromatic rings. The first-order valence-electron chi connectivity index (χ1n) is 9.06. The van der Waals surface area contributed by atoms with Gasteiger partial charge in [-0.2, -0.15) is 0 Å². The number of hydrogen-bond acceptors (Lipinski definition) is 4. The molecule has 1 fully saturated rings. The molecule has 1 aliphatic rings. The zero-order valence-electron chi connectivity index (χ0n) is 15.5. The van der Waals surface area contributed by atoms with Crippen molar-refractivity contribution in [2.45, 2.75) is 25.8 Å². The van der Waals surface area contributed by atoms with Crippen LogP contribution >= 0.6 is 0 Å². The molecule has 152 valence electrons. The maximum absolute atomic E-state index is 13.2. The first-order chi connectivity index (χ1) is 13.5. The van der Waals surface area contributed by atoms with Gasteiger partial charge >= 0.3 is 0 Å². The van der Waals surface area contributed by atoms with Crippen molar-refractivity contribution < 1.29 is 27.9 Å². The lowest BCUT2D eigenvalue weighted by Crippen LogP contribution is -2.35.